The average molecular weight is 544 g/mol. The fourth-order valence-electron chi connectivity index (χ4n) is 3.92. The van der Waals surface area contributed by atoms with Crippen LogP contribution in [0.4, 0.5) is 5.69 Å². The first-order chi connectivity index (χ1) is 17.6. The van der Waals surface area contributed by atoms with E-state index in [0.29, 0.717) is 30.1 Å². The Morgan fingerprint density at radius 3 is 2.19 bits per heavy atom. The number of amides is 1. The van der Waals surface area contributed by atoms with Gasteiger partial charge in [-0.25, -0.2) is 16.8 Å². The van der Waals surface area contributed by atoms with E-state index in [4.69, 9.17) is 4.74 Å². The highest BCUT2D eigenvalue weighted by molar-refractivity contribution is 7.92. The van der Waals surface area contributed by atoms with Gasteiger partial charge in [-0.2, -0.15) is 4.31 Å². The van der Waals surface area contributed by atoms with Gasteiger partial charge in [0.15, 0.2) is 6.61 Å². The summed E-state index contributed by atoms with van der Waals surface area (Å²) in [7, 11) is -7.24. The predicted molar refractivity (Wildman–Crippen MR) is 140 cm³/mol. The van der Waals surface area contributed by atoms with Crippen molar-refractivity contribution in [2.24, 2.45) is 0 Å². The number of ether oxygens (including phenoxy) is 1. The summed E-state index contributed by atoms with van der Waals surface area (Å²) in [6.45, 7) is 2.75. The Labute approximate surface area is 217 Å². The van der Waals surface area contributed by atoms with E-state index in [1.54, 1.807) is 61.5 Å². The van der Waals surface area contributed by atoms with E-state index in [0.717, 1.165) is 18.4 Å². The zero-order valence-electron chi connectivity index (χ0n) is 20.4. The molecule has 1 heterocycles. The summed E-state index contributed by atoms with van der Waals surface area (Å²) < 4.78 is 60.1. The summed E-state index contributed by atoms with van der Waals surface area (Å²) in [6, 6.07) is 19.5. The number of para-hydroxylation sites is 1. The second kappa shape index (κ2) is 11.3. The standard InChI is InChI=1S/C26H29N3O6S2/c1-20-17-24(36(31,32)28-22-7-3-2-4-8-22)13-14-25(20)35-19-26(30)27-18-21-9-11-23(12-10-21)37(33,34)29-15-5-6-16-29/h2-4,7-14,17,28H,5-6,15-16,18-19H2,1H3,(H,27,30). The van der Waals surface area contributed by atoms with Crippen LogP contribution in [0, 0.1) is 6.92 Å². The number of carbonyl (C=O) groups is 1. The van der Waals surface area contributed by atoms with Crippen LogP contribution in [0.1, 0.15) is 24.0 Å². The van der Waals surface area contributed by atoms with E-state index in [1.165, 1.54) is 22.5 Å². The Morgan fingerprint density at radius 2 is 1.54 bits per heavy atom. The first-order valence-corrected chi connectivity index (χ1v) is 14.7. The monoisotopic (exact) mass is 543 g/mol. The molecule has 0 spiro atoms. The van der Waals surface area contributed by atoms with Crippen LogP contribution in [0.5, 0.6) is 5.75 Å². The Balaban J connectivity index is 1.29. The van der Waals surface area contributed by atoms with Crippen LogP contribution >= 0.6 is 0 Å². The number of hydrogen-bond acceptors (Lipinski definition) is 6. The van der Waals surface area contributed by atoms with E-state index in [9.17, 15) is 21.6 Å². The van der Waals surface area contributed by atoms with Crippen molar-refractivity contribution >= 4 is 31.6 Å². The second-order valence-electron chi connectivity index (χ2n) is 8.72. The van der Waals surface area contributed by atoms with Gasteiger partial charge in [0.25, 0.3) is 15.9 Å². The molecule has 3 aromatic carbocycles. The molecule has 1 aliphatic heterocycles. The molecule has 11 heteroatoms. The molecule has 2 N–H and O–H groups in total. The van der Waals surface area contributed by atoms with Gasteiger partial charge in [-0.3, -0.25) is 9.52 Å². The number of nitrogens with zero attached hydrogens (tertiary/aromatic N) is 1. The third kappa shape index (κ3) is 6.68. The molecule has 3 aromatic rings. The molecule has 1 aliphatic rings. The third-order valence-electron chi connectivity index (χ3n) is 5.96. The molecule has 0 atom stereocenters. The maximum absolute atomic E-state index is 12.6. The maximum atomic E-state index is 12.6. The second-order valence-corrected chi connectivity index (χ2v) is 12.3. The van der Waals surface area contributed by atoms with Gasteiger partial charge in [-0.05, 0) is 73.4 Å². The summed E-state index contributed by atoms with van der Waals surface area (Å²) in [5.74, 6) is 0.0286. The number of sulfonamides is 2. The molecule has 1 saturated heterocycles. The average Bonchev–Trinajstić information content (AvgIpc) is 3.43. The number of carbonyl (C=O) groups excluding carboxylic acids is 1. The highest BCUT2D eigenvalue weighted by Crippen LogP contribution is 2.24. The van der Waals surface area contributed by atoms with Crippen molar-refractivity contribution in [1.82, 2.24) is 9.62 Å². The number of benzene rings is 3. The van der Waals surface area contributed by atoms with Crippen molar-refractivity contribution in [1.29, 1.82) is 0 Å². The van der Waals surface area contributed by atoms with Gasteiger partial charge in [-0.1, -0.05) is 30.3 Å². The molecule has 4 rings (SSSR count). The predicted octanol–water partition coefficient (Wildman–Crippen LogP) is 3.28. The molecule has 0 aromatic heterocycles. The highest BCUT2D eigenvalue weighted by Gasteiger charge is 2.26. The fraction of sp³-hybridized carbons (Fsp3) is 0.269. The van der Waals surface area contributed by atoms with E-state index in [-0.39, 0.29) is 28.8 Å². The Morgan fingerprint density at radius 1 is 0.892 bits per heavy atom. The minimum absolute atomic E-state index is 0.0841. The van der Waals surface area contributed by atoms with E-state index >= 15 is 0 Å². The lowest BCUT2D eigenvalue weighted by atomic mass is 10.2. The van der Waals surface area contributed by atoms with Crippen molar-refractivity contribution in [3.8, 4) is 5.75 Å². The number of hydrogen-bond donors (Lipinski definition) is 2. The van der Waals surface area contributed by atoms with Crippen LogP contribution in [0.25, 0.3) is 0 Å². The molecule has 196 valence electrons. The normalized spacial score (nSPS) is 14.3. The number of anilines is 1. The van der Waals surface area contributed by atoms with Crippen molar-refractivity contribution in [2.45, 2.75) is 36.1 Å². The van der Waals surface area contributed by atoms with Crippen LogP contribution in [-0.2, 0) is 31.4 Å². The zero-order chi connectivity index (χ0) is 26.5. The third-order valence-corrected chi connectivity index (χ3v) is 9.25. The van der Waals surface area contributed by atoms with Crippen molar-refractivity contribution in [3.63, 3.8) is 0 Å². The van der Waals surface area contributed by atoms with E-state index in [1.807, 2.05) is 0 Å². The van der Waals surface area contributed by atoms with Gasteiger partial charge in [0.1, 0.15) is 5.75 Å². The van der Waals surface area contributed by atoms with E-state index < -0.39 is 20.0 Å². The van der Waals surface area contributed by atoms with Crippen molar-refractivity contribution < 1.29 is 26.4 Å². The van der Waals surface area contributed by atoms with Crippen molar-refractivity contribution in [3.05, 3.63) is 83.9 Å². The quantitative estimate of drug-likeness (QED) is 0.405. The zero-order valence-corrected chi connectivity index (χ0v) is 22.0. The molecule has 0 saturated carbocycles. The van der Waals surface area contributed by atoms with Crippen LogP contribution in [0.3, 0.4) is 0 Å². The molecule has 0 bridgehead atoms. The first kappa shape index (κ1) is 26.6. The summed E-state index contributed by atoms with van der Waals surface area (Å²) in [5, 5.41) is 2.74. The van der Waals surface area contributed by atoms with E-state index in [2.05, 4.69) is 10.0 Å². The smallest absolute Gasteiger partial charge is 0.261 e. The molecule has 0 radical (unpaired) electrons. The number of aryl methyl sites for hydroxylation is 1. The summed E-state index contributed by atoms with van der Waals surface area (Å²) in [4.78, 5) is 12.6. The summed E-state index contributed by atoms with van der Waals surface area (Å²) in [6.07, 6.45) is 1.75. The molecule has 37 heavy (non-hydrogen) atoms. The van der Waals surface area contributed by atoms with Gasteiger partial charge >= 0.3 is 0 Å². The Hall–Kier alpha value is -3.41. The molecular weight excluding hydrogens is 514 g/mol. The molecular formula is C26H29N3O6S2. The minimum atomic E-state index is -3.77. The van der Waals surface area contributed by atoms with Crippen LogP contribution < -0.4 is 14.8 Å². The lowest BCUT2D eigenvalue weighted by molar-refractivity contribution is -0.123. The van der Waals surface area contributed by atoms with Gasteiger partial charge in [0.05, 0.1) is 9.79 Å². The molecule has 1 amide bonds. The van der Waals surface area contributed by atoms with Gasteiger partial charge in [0, 0.05) is 25.3 Å². The SMILES string of the molecule is Cc1cc(S(=O)(=O)Nc2ccccc2)ccc1OCC(=O)NCc1ccc(S(=O)(=O)N2CCCC2)cc1. The molecule has 0 unspecified atom stereocenters. The fourth-order valence-corrected chi connectivity index (χ4v) is 6.58. The summed E-state index contributed by atoms with van der Waals surface area (Å²) in [5.41, 5.74) is 1.78. The van der Waals surface area contributed by atoms with Crippen LogP contribution in [0.2, 0.25) is 0 Å². The Bertz CT molecular complexity index is 1450. The maximum Gasteiger partial charge on any atom is 0.261 e. The van der Waals surface area contributed by atoms with Gasteiger partial charge in [0.2, 0.25) is 10.0 Å². The van der Waals surface area contributed by atoms with Gasteiger partial charge in [-0.15, -0.1) is 0 Å². The molecule has 0 aliphatic carbocycles. The Kier molecular flexibility index (Phi) is 8.16. The van der Waals surface area contributed by atoms with Crippen LogP contribution in [0.15, 0.2) is 82.6 Å². The molecule has 9 nitrogen and oxygen atoms in total. The van der Waals surface area contributed by atoms with Gasteiger partial charge < -0.3 is 10.1 Å². The molecule has 1 fully saturated rings. The topological polar surface area (TPSA) is 122 Å². The number of nitrogens with one attached hydrogen (secondary N) is 2. The van der Waals surface area contributed by atoms with Crippen LogP contribution in [-0.4, -0.2) is 46.7 Å². The summed E-state index contributed by atoms with van der Waals surface area (Å²) >= 11 is 0. The van der Waals surface area contributed by atoms with Crippen molar-refractivity contribution in [2.75, 3.05) is 24.4 Å². The number of rotatable bonds is 10. The largest absolute Gasteiger partial charge is 0.484 e. The lowest BCUT2D eigenvalue weighted by Gasteiger charge is -2.15. The first-order valence-electron chi connectivity index (χ1n) is 11.8. The lowest BCUT2D eigenvalue weighted by Crippen LogP contribution is -2.29. The highest BCUT2D eigenvalue weighted by atomic mass is 32.2. The minimum Gasteiger partial charge on any atom is -0.484 e.